The summed E-state index contributed by atoms with van der Waals surface area (Å²) >= 11 is 1.66. The van der Waals surface area contributed by atoms with Crippen LogP contribution in [0.15, 0.2) is 24.3 Å². The number of carbonyl (C=O) groups excluding carboxylic acids is 2. The number of aliphatic carboxylic acids is 1. The van der Waals surface area contributed by atoms with Gasteiger partial charge in [0.15, 0.2) is 0 Å². The highest BCUT2D eigenvalue weighted by atomic mass is 32.2. The second kappa shape index (κ2) is 12.2. The first kappa shape index (κ1) is 22.7. The molecule has 0 aliphatic rings. The van der Waals surface area contributed by atoms with Gasteiger partial charge in [-0.25, -0.2) is 4.79 Å². The topological polar surface area (TPSA) is 156 Å². The summed E-state index contributed by atoms with van der Waals surface area (Å²) in [4.78, 5) is 31.9. The molecule has 0 fully saturated rings. The van der Waals surface area contributed by atoms with E-state index < -0.39 is 24.0 Å². The van der Waals surface area contributed by atoms with E-state index in [4.69, 9.17) is 21.7 Å². The Kier molecular flexibility index (Phi) is 11.1. The predicted octanol–water partition coefficient (Wildman–Crippen LogP) is 0.0761. The molecule has 1 rings (SSSR count). The number of thioether (sulfide) groups is 1. The van der Waals surface area contributed by atoms with Crippen molar-refractivity contribution in [1.82, 2.24) is 5.32 Å². The zero-order valence-electron chi connectivity index (χ0n) is 14.3. The highest BCUT2D eigenvalue weighted by molar-refractivity contribution is 7.98. The van der Waals surface area contributed by atoms with Crippen LogP contribution in [-0.4, -0.2) is 52.1 Å². The third kappa shape index (κ3) is 11.0. The first-order chi connectivity index (χ1) is 11.7. The van der Waals surface area contributed by atoms with Gasteiger partial charge in [-0.1, -0.05) is 12.1 Å². The zero-order chi connectivity index (χ0) is 19.4. The summed E-state index contributed by atoms with van der Waals surface area (Å²) in [6.45, 7) is 1.27. The Bertz CT molecular complexity index is 565. The number of aromatic hydroxyl groups is 1. The Balaban J connectivity index is 0.000000547. The second-order valence-corrected chi connectivity index (χ2v) is 6.24. The molecule has 0 spiro atoms. The number of amides is 2. The number of phenols is 1. The SMILES string of the molecule is CC(=O)N[C@@H](Cc1ccc(O)cc1)C(=O)O.CSCCC(N)C(N)=O. The quantitative estimate of drug-likeness (QED) is 0.433. The summed E-state index contributed by atoms with van der Waals surface area (Å²) in [5.41, 5.74) is 11.0. The van der Waals surface area contributed by atoms with Gasteiger partial charge in [0, 0.05) is 13.3 Å². The molecule has 1 unspecified atom stereocenters. The number of benzene rings is 1. The van der Waals surface area contributed by atoms with Gasteiger partial charge in [0.1, 0.15) is 11.8 Å². The molecule has 0 aromatic heterocycles. The van der Waals surface area contributed by atoms with Crippen molar-refractivity contribution in [3.8, 4) is 5.75 Å². The number of nitrogens with two attached hydrogens (primary N) is 2. The van der Waals surface area contributed by atoms with Gasteiger partial charge in [-0.05, 0) is 36.1 Å². The van der Waals surface area contributed by atoms with Crippen molar-refractivity contribution in [1.29, 1.82) is 0 Å². The van der Waals surface area contributed by atoms with E-state index in [9.17, 15) is 14.4 Å². The van der Waals surface area contributed by atoms with Crippen LogP contribution in [0.2, 0.25) is 0 Å². The first-order valence-corrected chi connectivity index (χ1v) is 8.88. The Morgan fingerprint density at radius 2 is 1.80 bits per heavy atom. The number of phenolic OH excluding ortho intramolecular Hbond substituents is 1. The van der Waals surface area contributed by atoms with Gasteiger partial charge in [-0.2, -0.15) is 11.8 Å². The normalized spacial score (nSPS) is 12.3. The van der Waals surface area contributed by atoms with Gasteiger partial charge in [-0.15, -0.1) is 0 Å². The molecule has 0 heterocycles. The fraction of sp³-hybridized carbons (Fsp3) is 0.438. The van der Waals surface area contributed by atoms with Crippen molar-refractivity contribution >= 4 is 29.5 Å². The molecule has 2 amide bonds. The predicted molar refractivity (Wildman–Crippen MR) is 97.2 cm³/mol. The molecule has 0 radical (unpaired) electrons. The van der Waals surface area contributed by atoms with Crippen molar-refractivity contribution in [2.45, 2.75) is 31.8 Å². The minimum Gasteiger partial charge on any atom is -0.508 e. The van der Waals surface area contributed by atoms with Crippen molar-refractivity contribution in [3.63, 3.8) is 0 Å². The van der Waals surface area contributed by atoms with E-state index in [0.29, 0.717) is 6.42 Å². The number of hydrogen-bond acceptors (Lipinski definition) is 6. The smallest absolute Gasteiger partial charge is 0.326 e. The summed E-state index contributed by atoms with van der Waals surface area (Å²) in [7, 11) is 0. The summed E-state index contributed by atoms with van der Waals surface area (Å²) in [5.74, 6) is -0.863. The molecule has 0 saturated carbocycles. The standard InChI is InChI=1S/C11H13NO4.C5H12N2OS/c1-7(13)12-10(11(15)16)6-8-2-4-9(14)5-3-8;1-9-3-2-4(6)5(7)8/h2-5,10,14H,6H2,1H3,(H,12,13)(H,15,16);4H,2-3,6H2,1H3,(H2,7,8)/t10-;/m0./s1. The fourth-order valence-electron chi connectivity index (χ4n) is 1.70. The van der Waals surface area contributed by atoms with Crippen molar-refractivity contribution in [3.05, 3.63) is 29.8 Å². The van der Waals surface area contributed by atoms with E-state index in [2.05, 4.69) is 5.32 Å². The monoisotopic (exact) mass is 371 g/mol. The number of primary amides is 1. The van der Waals surface area contributed by atoms with E-state index >= 15 is 0 Å². The molecule has 8 nitrogen and oxygen atoms in total. The lowest BCUT2D eigenvalue weighted by Crippen LogP contribution is -2.41. The van der Waals surface area contributed by atoms with E-state index in [1.165, 1.54) is 19.1 Å². The minimum atomic E-state index is -1.08. The average molecular weight is 371 g/mol. The van der Waals surface area contributed by atoms with Crippen LogP contribution in [0.25, 0.3) is 0 Å². The maximum Gasteiger partial charge on any atom is 0.326 e. The van der Waals surface area contributed by atoms with Crippen LogP contribution in [-0.2, 0) is 20.8 Å². The molecule has 7 N–H and O–H groups in total. The fourth-order valence-corrected chi connectivity index (χ4v) is 2.19. The highest BCUT2D eigenvalue weighted by Gasteiger charge is 2.18. The van der Waals surface area contributed by atoms with Gasteiger partial charge in [0.25, 0.3) is 0 Å². The number of nitrogens with one attached hydrogen (secondary N) is 1. The van der Waals surface area contributed by atoms with Crippen LogP contribution in [0.4, 0.5) is 0 Å². The molecule has 25 heavy (non-hydrogen) atoms. The lowest BCUT2D eigenvalue weighted by atomic mass is 10.1. The van der Waals surface area contributed by atoms with Crippen LogP contribution in [0.5, 0.6) is 5.75 Å². The molecule has 0 bridgehead atoms. The summed E-state index contributed by atoms with van der Waals surface area (Å²) in [5, 5.41) is 20.3. The van der Waals surface area contributed by atoms with Crippen LogP contribution >= 0.6 is 11.8 Å². The van der Waals surface area contributed by atoms with Crippen LogP contribution in [0.1, 0.15) is 18.9 Å². The van der Waals surface area contributed by atoms with E-state index in [-0.39, 0.29) is 18.1 Å². The number of carboxylic acids is 1. The van der Waals surface area contributed by atoms with E-state index in [1.807, 2.05) is 6.26 Å². The molecule has 1 aromatic rings. The van der Waals surface area contributed by atoms with Crippen LogP contribution < -0.4 is 16.8 Å². The third-order valence-corrected chi connectivity index (χ3v) is 3.69. The van der Waals surface area contributed by atoms with Crippen LogP contribution in [0, 0.1) is 0 Å². The lowest BCUT2D eigenvalue weighted by Gasteiger charge is -2.13. The summed E-state index contributed by atoms with van der Waals surface area (Å²) in [6, 6.07) is 4.78. The molecule has 2 atom stereocenters. The average Bonchev–Trinajstić information content (AvgIpc) is 2.54. The molecule has 140 valence electrons. The van der Waals surface area contributed by atoms with Gasteiger partial charge in [0.2, 0.25) is 11.8 Å². The van der Waals surface area contributed by atoms with Crippen molar-refractivity contribution in [2.24, 2.45) is 11.5 Å². The molecular formula is C16H25N3O5S. The van der Waals surface area contributed by atoms with Gasteiger partial charge in [0.05, 0.1) is 6.04 Å². The Labute approximate surface area is 151 Å². The number of hydrogen-bond donors (Lipinski definition) is 5. The van der Waals surface area contributed by atoms with Gasteiger partial charge < -0.3 is 27.0 Å². The highest BCUT2D eigenvalue weighted by Crippen LogP contribution is 2.11. The maximum atomic E-state index is 10.8. The van der Waals surface area contributed by atoms with E-state index in [1.54, 1.807) is 23.9 Å². The molecule has 0 aliphatic heterocycles. The van der Waals surface area contributed by atoms with Gasteiger partial charge >= 0.3 is 5.97 Å². The molecule has 1 aromatic carbocycles. The molecule has 9 heteroatoms. The number of carboxylic acid groups (broad SMARTS) is 1. The Morgan fingerprint density at radius 1 is 1.24 bits per heavy atom. The molecule has 0 saturated heterocycles. The summed E-state index contributed by atoms with van der Waals surface area (Å²) in [6.07, 6.45) is 2.83. The molecule has 0 aliphatic carbocycles. The number of rotatable bonds is 8. The van der Waals surface area contributed by atoms with Crippen LogP contribution in [0.3, 0.4) is 0 Å². The third-order valence-electron chi connectivity index (χ3n) is 3.05. The first-order valence-electron chi connectivity index (χ1n) is 7.49. The zero-order valence-corrected chi connectivity index (χ0v) is 15.1. The van der Waals surface area contributed by atoms with E-state index in [0.717, 1.165) is 11.3 Å². The van der Waals surface area contributed by atoms with Gasteiger partial charge in [-0.3, -0.25) is 9.59 Å². The Morgan fingerprint density at radius 3 is 2.20 bits per heavy atom. The Hall–Kier alpha value is -2.26. The second-order valence-electron chi connectivity index (χ2n) is 5.25. The van der Waals surface area contributed by atoms with Crippen molar-refractivity contribution in [2.75, 3.05) is 12.0 Å². The minimum absolute atomic E-state index is 0.121. The molecular weight excluding hydrogens is 346 g/mol. The summed E-state index contributed by atoms with van der Waals surface area (Å²) < 4.78 is 0. The lowest BCUT2D eigenvalue weighted by molar-refractivity contribution is -0.141. The maximum absolute atomic E-state index is 10.8. The number of carbonyl (C=O) groups is 3. The van der Waals surface area contributed by atoms with Crippen molar-refractivity contribution < 1.29 is 24.6 Å². The largest absolute Gasteiger partial charge is 0.508 e.